The highest BCUT2D eigenvalue weighted by Crippen LogP contribution is 2.40. The summed E-state index contributed by atoms with van der Waals surface area (Å²) in [5.41, 5.74) is -0.722. The molecule has 0 saturated heterocycles. The van der Waals surface area contributed by atoms with Gasteiger partial charge in [-0.2, -0.15) is 11.8 Å². The number of aliphatic hydroxyl groups is 2. The largest absolute Gasteiger partial charge is 0.481 e. The summed E-state index contributed by atoms with van der Waals surface area (Å²) in [6.45, 7) is 4.17. The minimum absolute atomic E-state index is 0.0855. The lowest BCUT2D eigenvalue weighted by atomic mass is 9.89. The zero-order chi connectivity index (χ0) is 23.1. The molecule has 0 bridgehead atoms. The normalized spacial score (nSPS) is 23.7. The molecule has 0 amide bonds. The third kappa shape index (κ3) is 11.9. The molecule has 5 nitrogen and oxygen atoms in total. The molecule has 1 fully saturated rings. The van der Waals surface area contributed by atoms with Crippen LogP contribution < -0.4 is 0 Å². The van der Waals surface area contributed by atoms with Crippen LogP contribution in [0.4, 0.5) is 0 Å². The molecule has 0 aromatic carbocycles. The first-order valence-corrected chi connectivity index (χ1v) is 12.9. The molecule has 1 aliphatic carbocycles. The maximum atomic E-state index is 12.7. The second-order valence-electron chi connectivity index (χ2n) is 8.92. The average molecular weight is 455 g/mol. The van der Waals surface area contributed by atoms with E-state index >= 15 is 0 Å². The lowest BCUT2D eigenvalue weighted by molar-refractivity contribution is -0.137. The lowest BCUT2D eigenvalue weighted by Gasteiger charge is -2.23. The highest BCUT2D eigenvalue weighted by Gasteiger charge is 2.40. The van der Waals surface area contributed by atoms with Gasteiger partial charge >= 0.3 is 5.97 Å². The number of carboxylic acids is 1. The molecule has 1 unspecified atom stereocenters. The minimum atomic E-state index is -0.783. The summed E-state index contributed by atoms with van der Waals surface area (Å²) in [6.07, 6.45) is 16.7. The number of hydrogen-bond donors (Lipinski definition) is 3. The second kappa shape index (κ2) is 15.7. The molecule has 1 aliphatic rings. The van der Waals surface area contributed by atoms with Crippen molar-refractivity contribution in [1.82, 2.24) is 0 Å². The van der Waals surface area contributed by atoms with Crippen LogP contribution in [0.1, 0.15) is 84.5 Å². The van der Waals surface area contributed by atoms with Gasteiger partial charge in [-0.1, -0.05) is 56.9 Å². The van der Waals surface area contributed by atoms with Gasteiger partial charge in [-0.25, -0.2) is 0 Å². The van der Waals surface area contributed by atoms with Crippen molar-refractivity contribution in [3.8, 4) is 0 Å². The quantitative estimate of drug-likeness (QED) is 0.208. The first-order chi connectivity index (χ1) is 14.8. The molecule has 1 saturated carbocycles. The monoisotopic (exact) mass is 454 g/mol. The topological polar surface area (TPSA) is 94.8 Å². The number of allylic oxidation sites excluding steroid dienone is 3. The molecule has 0 aromatic heterocycles. The number of aliphatic hydroxyl groups excluding tert-OH is 1. The second-order valence-corrected chi connectivity index (χ2v) is 10.3. The van der Waals surface area contributed by atoms with E-state index in [9.17, 15) is 19.8 Å². The number of carbonyl (C=O) groups is 2. The van der Waals surface area contributed by atoms with Gasteiger partial charge in [0.1, 0.15) is 5.78 Å². The van der Waals surface area contributed by atoms with Crippen LogP contribution in [-0.4, -0.2) is 50.3 Å². The zero-order valence-electron chi connectivity index (χ0n) is 19.3. The van der Waals surface area contributed by atoms with Crippen LogP contribution in [0, 0.1) is 11.8 Å². The number of Topliss-reactive ketones (excluding diaryl/α,β-unsaturated/α-hetero) is 1. The number of rotatable bonds is 17. The Kier molecular flexibility index (Phi) is 14.1. The fourth-order valence-electron chi connectivity index (χ4n) is 4.13. The standard InChI is InChI=1S/C25H42O5S/c1-3-4-5-10-15-25(2,30)16-11-13-21-20(12-8-6-7-9-14-24(28)29)22(27)19-23(21)31-18-17-26/h6,8,11,13,20-21,23,26,30H,3-5,7,9-10,12,14-19H2,1-2H3,(H,28,29)/t20-,21-,23-,25?/m1/s1. The predicted molar refractivity (Wildman–Crippen MR) is 128 cm³/mol. The molecule has 3 N–H and O–H groups in total. The van der Waals surface area contributed by atoms with E-state index in [0.717, 1.165) is 19.3 Å². The Morgan fingerprint density at radius 3 is 2.65 bits per heavy atom. The van der Waals surface area contributed by atoms with Gasteiger partial charge < -0.3 is 15.3 Å². The molecule has 4 atom stereocenters. The van der Waals surface area contributed by atoms with Crippen molar-refractivity contribution in [2.75, 3.05) is 12.4 Å². The number of unbranched alkanes of at least 4 members (excludes halogenated alkanes) is 4. The Balaban J connectivity index is 2.66. The van der Waals surface area contributed by atoms with Gasteiger partial charge in [0.05, 0.1) is 12.2 Å². The fourth-order valence-corrected chi connectivity index (χ4v) is 5.32. The molecular formula is C25H42O5S. The fraction of sp³-hybridized carbons (Fsp3) is 0.760. The summed E-state index contributed by atoms with van der Waals surface area (Å²) in [7, 11) is 0. The van der Waals surface area contributed by atoms with Crippen molar-refractivity contribution in [1.29, 1.82) is 0 Å². The van der Waals surface area contributed by atoms with Crippen molar-refractivity contribution in [3.05, 3.63) is 24.3 Å². The number of thioether (sulfide) groups is 1. The van der Waals surface area contributed by atoms with Crippen LogP contribution in [0.3, 0.4) is 0 Å². The first kappa shape index (κ1) is 27.9. The van der Waals surface area contributed by atoms with E-state index in [1.165, 1.54) is 12.8 Å². The SMILES string of the molecule is CCCCCCC(C)(O)CC=C[C@H]1[C@H](SCCO)CC(=O)[C@@H]1CC=CCCCC(=O)O. The molecule has 0 aliphatic heterocycles. The summed E-state index contributed by atoms with van der Waals surface area (Å²) in [4.78, 5) is 23.3. The van der Waals surface area contributed by atoms with Crippen molar-refractivity contribution >= 4 is 23.5 Å². The summed E-state index contributed by atoms with van der Waals surface area (Å²) in [5, 5.41) is 28.7. The third-order valence-electron chi connectivity index (χ3n) is 5.94. The Hall–Kier alpha value is -1.11. The smallest absolute Gasteiger partial charge is 0.303 e. The van der Waals surface area contributed by atoms with E-state index < -0.39 is 11.6 Å². The average Bonchev–Trinajstić information content (AvgIpc) is 3.00. The van der Waals surface area contributed by atoms with E-state index in [4.69, 9.17) is 5.11 Å². The van der Waals surface area contributed by atoms with Crippen LogP contribution in [-0.2, 0) is 9.59 Å². The molecular weight excluding hydrogens is 412 g/mol. The van der Waals surface area contributed by atoms with E-state index in [-0.39, 0.29) is 35.9 Å². The highest BCUT2D eigenvalue weighted by atomic mass is 32.2. The van der Waals surface area contributed by atoms with Crippen LogP contribution in [0.5, 0.6) is 0 Å². The summed E-state index contributed by atoms with van der Waals surface area (Å²) < 4.78 is 0. The van der Waals surface area contributed by atoms with Crippen molar-refractivity contribution < 1.29 is 24.9 Å². The van der Waals surface area contributed by atoms with Crippen molar-refractivity contribution in [2.24, 2.45) is 11.8 Å². The maximum Gasteiger partial charge on any atom is 0.303 e. The van der Waals surface area contributed by atoms with Gasteiger partial charge in [-0.15, -0.1) is 0 Å². The lowest BCUT2D eigenvalue weighted by Crippen LogP contribution is -2.23. The van der Waals surface area contributed by atoms with Crippen LogP contribution in [0.25, 0.3) is 0 Å². The Morgan fingerprint density at radius 1 is 1.19 bits per heavy atom. The van der Waals surface area contributed by atoms with Gasteiger partial charge in [-0.3, -0.25) is 9.59 Å². The number of hydrogen-bond acceptors (Lipinski definition) is 5. The Morgan fingerprint density at radius 2 is 1.97 bits per heavy atom. The summed E-state index contributed by atoms with van der Waals surface area (Å²) >= 11 is 1.65. The van der Waals surface area contributed by atoms with E-state index in [0.29, 0.717) is 37.9 Å². The van der Waals surface area contributed by atoms with Crippen molar-refractivity contribution in [3.63, 3.8) is 0 Å². The Labute approximate surface area is 192 Å². The third-order valence-corrected chi connectivity index (χ3v) is 7.26. The number of carbonyl (C=O) groups excluding carboxylic acids is 1. The molecule has 1 rings (SSSR count). The number of aliphatic carboxylic acids is 1. The van der Waals surface area contributed by atoms with Gasteiger partial charge in [-0.05, 0) is 44.9 Å². The number of ketones is 1. The molecule has 0 heterocycles. The van der Waals surface area contributed by atoms with Crippen LogP contribution in [0.15, 0.2) is 24.3 Å². The van der Waals surface area contributed by atoms with Crippen LogP contribution in [0.2, 0.25) is 0 Å². The number of carboxylic acid groups (broad SMARTS) is 1. The van der Waals surface area contributed by atoms with Gasteiger partial charge in [0.2, 0.25) is 0 Å². The van der Waals surface area contributed by atoms with E-state index in [1.54, 1.807) is 11.8 Å². The molecule has 0 radical (unpaired) electrons. The minimum Gasteiger partial charge on any atom is -0.481 e. The van der Waals surface area contributed by atoms with Gasteiger partial charge in [0, 0.05) is 29.8 Å². The first-order valence-electron chi connectivity index (χ1n) is 11.8. The van der Waals surface area contributed by atoms with Gasteiger partial charge in [0.25, 0.3) is 0 Å². The molecule has 6 heteroatoms. The van der Waals surface area contributed by atoms with Crippen LogP contribution >= 0.6 is 11.8 Å². The zero-order valence-corrected chi connectivity index (χ0v) is 20.1. The predicted octanol–water partition coefficient (Wildman–Crippen LogP) is 5.15. The molecule has 178 valence electrons. The molecule has 0 spiro atoms. The molecule has 31 heavy (non-hydrogen) atoms. The van der Waals surface area contributed by atoms with Gasteiger partial charge in [0.15, 0.2) is 0 Å². The maximum absolute atomic E-state index is 12.7. The Bertz CT molecular complexity index is 584. The molecule has 0 aromatic rings. The van der Waals surface area contributed by atoms with E-state index in [2.05, 4.69) is 13.0 Å². The highest BCUT2D eigenvalue weighted by molar-refractivity contribution is 8.00. The van der Waals surface area contributed by atoms with E-state index in [1.807, 2.05) is 25.2 Å². The van der Waals surface area contributed by atoms with Crippen molar-refractivity contribution in [2.45, 2.75) is 95.3 Å². The summed E-state index contributed by atoms with van der Waals surface area (Å²) in [6, 6.07) is 0. The summed E-state index contributed by atoms with van der Waals surface area (Å²) in [5.74, 6) is 0.109.